The van der Waals surface area contributed by atoms with E-state index in [0.29, 0.717) is 0 Å². The Morgan fingerprint density at radius 1 is 1.23 bits per heavy atom. The highest BCUT2D eigenvalue weighted by molar-refractivity contribution is 9.11. The minimum absolute atomic E-state index is 0.800. The highest BCUT2D eigenvalue weighted by Gasteiger charge is 2.24. The second-order valence-electron chi connectivity index (χ2n) is 1.58. The van der Waals surface area contributed by atoms with Gasteiger partial charge in [-0.1, -0.05) is 15.9 Å². The molecule has 0 aliphatic heterocycles. The predicted molar refractivity (Wildman–Crippen MR) is 35.9 cm³/mol. The van der Waals surface area contributed by atoms with Crippen molar-refractivity contribution in [2.45, 2.75) is 19.3 Å². The van der Waals surface area contributed by atoms with Gasteiger partial charge in [0.15, 0.2) is 0 Å². The van der Waals surface area contributed by atoms with Crippen LogP contribution in [0.1, 0.15) is 6.42 Å². The van der Waals surface area contributed by atoms with Gasteiger partial charge in [0.1, 0.15) is 5.83 Å². The van der Waals surface area contributed by atoms with Crippen molar-refractivity contribution in [1.82, 2.24) is 0 Å². The Bertz CT molecular complexity index is 143. The lowest BCUT2D eigenvalue weighted by atomic mass is 10.4. The summed E-state index contributed by atoms with van der Waals surface area (Å²) < 4.78 is 72.8. The maximum absolute atomic E-state index is 11.7. The lowest BCUT2D eigenvalue weighted by Gasteiger charge is -1.91. The molecule has 0 fully saturated rings. The normalized spacial score (nSPS) is 12.5. The zero-order valence-electron chi connectivity index (χ0n) is 5.89. The fourth-order valence-corrected chi connectivity index (χ4v) is 0.379. The van der Waals surface area contributed by atoms with Gasteiger partial charge in [0.25, 0.3) is 0 Å². The van der Waals surface area contributed by atoms with Crippen molar-refractivity contribution >= 4 is 15.9 Å². The molecule has 13 heavy (non-hydrogen) atoms. The minimum atomic E-state index is -5.50. The second-order valence-corrected chi connectivity index (χ2v) is 2.04. The Balaban J connectivity index is 0. The Labute approximate surface area is 77.5 Å². The molecule has 0 N–H and O–H groups in total. The van der Waals surface area contributed by atoms with Crippen molar-refractivity contribution in [2.75, 3.05) is 0 Å². The maximum atomic E-state index is 11.7. The quantitative estimate of drug-likeness (QED) is 0.659. The molecule has 0 saturated carbocycles. The highest BCUT2D eigenvalue weighted by atomic mass is 79.9. The standard InChI is InChI=1S/C4H4BrF3.CF4/c5-2-3(6)1-4(7)8;2-1(3,4)5/h2,4H,1H2;. The maximum Gasteiger partial charge on any atom is 0.559 e. The molecule has 0 saturated heterocycles. The first kappa shape index (κ1) is 15.2. The van der Waals surface area contributed by atoms with Gasteiger partial charge in [-0.3, -0.25) is 0 Å². The smallest absolute Gasteiger partial charge is 0.211 e. The fraction of sp³-hybridized carbons (Fsp3) is 0.600. The van der Waals surface area contributed by atoms with Crippen molar-refractivity contribution in [3.8, 4) is 0 Å². The van der Waals surface area contributed by atoms with E-state index in [1.807, 2.05) is 0 Å². The molecule has 0 nitrogen and oxygen atoms in total. The SMILES string of the molecule is FC(=CBr)CC(F)F.FC(F)(F)F. The lowest BCUT2D eigenvalue weighted by molar-refractivity contribution is -0.237. The summed E-state index contributed by atoms with van der Waals surface area (Å²) in [5.41, 5.74) is 0. The molecule has 0 aromatic heterocycles. The summed E-state index contributed by atoms with van der Waals surface area (Å²) in [6.07, 6.45) is -8.89. The lowest BCUT2D eigenvalue weighted by Crippen LogP contribution is -1.92. The molecule has 80 valence electrons. The summed E-state index contributed by atoms with van der Waals surface area (Å²) >= 11 is 2.57. The molecule has 0 radical (unpaired) electrons. The van der Waals surface area contributed by atoms with Crippen molar-refractivity contribution < 1.29 is 30.7 Å². The van der Waals surface area contributed by atoms with Crippen molar-refractivity contribution in [3.05, 3.63) is 10.8 Å². The monoisotopic (exact) mass is 276 g/mol. The third-order valence-electron chi connectivity index (χ3n) is 0.468. The average Bonchev–Trinajstić information content (AvgIpc) is 1.82. The number of alkyl halides is 6. The van der Waals surface area contributed by atoms with Gasteiger partial charge in [0.2, 0.25) is 6.43 Å². The van der Waals surface area contributed by atoms with Gasteiger partial charge in [-0.15, -0.1) is 17.6 Å². The van der Waals surface area contributed by atoms with Gasteiger partial charge < -0.3 is 0 Å². The third kappa shape index (κ3) is 33.8. The van der Waals surface area contributed by atoms with E-state index in [4.69, 9.17) is 0 Å². The summed E-state index contributed by atoms with van der Waals surface area (Å²) in [5, 5.41) is 0. The van der Waals surface area contributed by atoms with Gasteiger partial charge in [-0.2, -0.15) is 0 Å². The number of halogens is 8. The summed E-state index contributed by atoms with van der Waals surface area (Å²) in [6.45, 7) is 0. The minimum Gasteiger partial charge on any atom is -0.211 e. The summed E-state index contributed by atoms with van der Waals surface area (Å²) in [6, 6.07) is 0. The van der Waals surface area contributed by atoms with Crippen molar-refractivity contribution in [2.24, 2.45) is 0 Å². The zero-order chi connectivity index (χ0) is 11.1. The van der Waals surface area contributed by atoms with E-state index in [2.05, 4.69) is 15.9 Å². The first-order chi connectivity index (χ1) is 5.66. The molecule has 0 aromatic carbocycles. The molecule has 0 rings (SSSR count). The molecular weight excluding hydrogens is 273 g/mol. The predicted octanol–water partition coefficient (Wildman–Crippen LogP) is 4.32. The van der Waals surface area contributed by atoms with Gasteiger partial charge >= 0.3 is 6.43 Å². The van der Waals surface area contributed by atoms with Crippen LogP contribution in [-0.4, -0.2) is 12.9 Å². The van der Waals surface area contributed by atoms with Gasteiger partial charge in [-0.25, -0.2) is 13.2 Å². The first-order valence-corrected chi connectivity index (χ1v) is 3.57. The Morgan fingerprint density at radius 3 is 1.62 bits per heavy atom. The first-order valence-electron chi connectivity index (χ1n) is 2.65. The zero-order valence-corrected chi connectivity index (χ0v) is 7.47. The van der Waals surface area contributed by atoms with E-state index in [-0.39, 0.29) is 0 Å². The molecule has 0 heterocycles. The van der Waals surface area contributed by atoms with Crippen LogP contribution in [0, 0.1) is 0 Å². The molecule has 8 heteroatoms. The highest BCUT2D eigenvalue weighted by Crippen LogP contribution is 2.14. The van der Waals surface area contributed by atoms with Gasteiger partial charge in [0, 0.05) is 4.99 Å². The van der Waals surface area contributed by atoms with E-state index in [9.17, 15) is 30.7 Å². The van der Waals surface area contributed by atoms with E-state index < -0.39 is 25.1 Å². The van der Waals surface area contributed by atoms with Crippen LogP contribution < -0.4 is 0 Å². The van der Waals surface area contributed by atoms with Crippen LogP contribution in [0.15, 0.2) is 10.8 Å². The topological polar surface area (TPSA) is 0 Å². The van der Waals surface area contributed by atoms with Crippen LogP contribution in [-0.2, 0) is 0 Å². The molecule has 0 spiro atoms. The number of hydrogen-bond donors (Lipinski definition) is 0. The summed E-state index contributed by atoms with van der Waals surface area (Å²) in [5.74, 6) is -0.833. The number of rotatable bonds is 2. The molecule has 0 amide bonds. The molecule has 0 aromatic rings. The van der Waals surface area contributed by atoms with E-state index in [0.717, 1.165) is 4.99 Å². The number of hydrogen-bond acceptors (Lipinski definition) is 0. The Morgan fingerprint density at radius 2 is 1.54 bits per heavy atom. The molecule has 0 atom stereocenters. The van der Waals surface area contributed by atoms with E-state index in [1.165, 1.54) is 0 Å². The molecule has 0 aliphatic rings. The number of allylic oxidation sites excluding steroid dienone is 1. The average molecular weight is 277 g/mol. The van der Waals surface area contributed by atoms with Crippen LogP contribution in [0.25, 0.3) is 0 Å². The van der Waals surface area contributed by atoms with E-state index in [1.54, 1.807) is 0 Å². The van der Waals surface area contributed by atoms with Crippen LogP contribution in [0.5, 0.6) is 0 Å². The molecule has 0 aliphatic carbocycles. The Hall–Kier alpha value is -0.270. The van der Waals surface area contributed by atoms with E-state index >= 15 is 0 Å². The third-order valence-corrected chi connectivity index (χ3v) is 0.964. The van der Waals surface area contributed by atoms with Crippen LogP contribution >= 0.6 is 15.9 Å². The second kappa shape index (κ2) is 7.16. The van der Waals surface area contributed by atoms with Crippen molar-refractivity contribution in [3.63, 3.8) is 0 Å². The van der Waals surface area contributed by atoms with Gasteiger partial charge in [0.05, 0.1) is 6.42 Å². The van der Waals surface area contributed by atoms with Crippen molar-refractivity contribution in [1.29, 1.82) is 0 Å². The van der Waals surface area contributed by atoms with Crippen LogP contribution in [0.2, 0.25) is 0 Å². The molecule has 0 unspecified atom stereocenters. The van der Waals surface area contributed by atoms with Crippen LogP contribution in [0.3, 0.4) is 0 Å². The van der Waals surface area contributed by atoms with Crippen LogP contribution in [0.4, 0.5) is 30.7 Å². The Kier molecular flexibility index (Phi) is 8.38. The summed E-state index contributed by atoms with van der Waals surface area (Å²) in [4.78, 5) is 0.846. The molecular formula is C5H4BrF7. The van der Waals surface area contributed by atoms with Gasteiger partial charge in [-0.05, 0) is 0 Å². The fourth-order valence-electron chi connectivity index (χ4n) is 0.192. The largest absolute Gasteiger partial charge is 0.559 e. The summed E-state index contributed by atoms with van der Waals surface area (Å²) in [7, 11) is 0. The molecule has 0 bridgehead atoms.